The number of nitro groups is 1. The average Bonchev–Trinajstić information content (AvgIpc) is 3.16. The van der Waals surface area contributed by atoms with E-state index >= 15 is 0 Å². The van der Waals surface area contributed by atoms with Crippen LogP contribution in [-0.4, -0.2) is 67.6 Å². The number of piperazine rings is 1. The fraction of sp³-hybridized carbons (Fsp3) is 0.273. The van der Waals surface area contributed by atoms with Crippen molar-refractivity contribution in [3.05, 3.63) is 68.6 Å². The number of aromatic amines is 1. The Bertz CT molecular complexity index is 1320. The van der Waals surface area contributed by atoms with Crippen molar-refractivity contribution in [2.24, 2.45) is 0 Å². The van der Waals surface area contributed by atoms with E-state index in [1.54, 1.807) is 0 Å². The Balaban J connectivity index is 1.68. The summed E-state index contributed by atoms with van der Waals surface area (Å²) in [7, 11) is 2.60. The molecular formula is C22H20ClFN4O6. The molecule has 3 aromatic rings. The summed E-state index contributed by atoms with van der Waals surface area (Å²) in [6.07, 6.45) is 0.949. The zero-order chi connectivity index (χ0) is 24.9. The van der Waals surface area contributed by atoms with Gasteiger partial charge >= 0.3 is 5.69 Å². The van der Waals surface area contributed by atoms with E-state index < -0.39 is 40.0 Å². The highest BCUT2D eigenvalue weighted by atomic mass is 35.5. The molecule has 1 saturated heterocycles. The highest BCUT2D eigenvalue weighted by Gasteiger charge is 2.53. The standard InChI is InChI=1S/C22H20ClFN4O6/c1-26-17(7-12-10-25-16-4-3-15(24)19(18(12)16)28(33)34)20(30)27(2)22(32,21(26)31)9-11-5-13(23)8-14(29)6-11/h3-6,8,10,17,25,29,32H,7,9H2,1-2H3/t17-,22+/m0/s1. The number of phenols is 1. The van der Waals surface area contributed by atoms with Crippen LogP contribution in [0, 0.1) is 15.9 Å². The van der Waals surface area contributed by atoms with Gasteiger partial charge in [-0.25, -0.2) is 0 Å². The van der Waals surface area contributed by atoms with Crippen LogP contribution in [0.25, 0.3) is 10.9 Å². The van der Waals surface area contributed by atoms with Gasteiger partial charge in [0.15, 0.2) is 0 Å². The van der Waals surface area contributed by atoms with Crippen molar-refractivity contribution in [2.75, 3.05) is 14.1 Å². The molecule has 10 nitrogen and oxygen atoms in total. The van der Waals surface area contributed by atoms with E-state index in [1.165, 1.54) is 44.6 Å². The van der Waals surface area contributed by atoms with E-state index in [1.807, 2.05) is 0 Å². The summed E-state index contributed by atoms with van der Waals surface area (Å²) in [6.45, 7) is 0. The van der Waals surface area contributed by atoms with Gasteiger partial charge in [0.25, 0.3) is 5.91 Å². The van der Waals surface area contributed by atoms with Crippen molar-refractivity contribution in [3.8, 4) is 5.75 Å². The van der Waals surface area contributed by atoms with Gasteiger partial charge in [-0.05, 0) is 41.5 Å². The number of nitro benzene ring substituents is 1. The number of carbonyl (C=O) groups is 2. The lowest BCUT2D eigenvalue weighted by Crippen LogP contribution is -2.70. The molecule has 1 aliphatic heterocycles. The Kier molecular flexibility index (Phi) is 5.70. The number of aromatic nitrogens is 1. The normalized spacial score (nSPS) is 20.9. The molecule has 34 heavy (non-hydrogen) atoms. The number of nitrogens with zero attached hydrogens (tertiary/aromatic N) is 3. The molecule has 1 fully saturated rings. The maximum absolute atomic E-state index is 14.2. The molecule has 2 aromatic carbocycles. The van der Waals surface area contributed by atoms with Crippen LogP contribution in [-0.2, 0) is 22.4 Å². The van der Waals surface area contributed by atoms with E-state index in [0.717, 1.165) is 15.9 Å². The fourth-order valence-electron chi connectivity index (χ4n) is 4.37. The van der Waals surface area contributed by atoms with Gasteiger partial charge < -0.3 is 25.0 Å². The SMILES string of the molecule is CN1C(=O)[C@](O)(Cc2cc(O)cc(Cl)c2)N(C)C(=O)[C@@H]1Cc1c[nH]c2ccc(F)c([N+](=O)[O-])c12. The molecule has 0 radical (unpaired) electrons. The summed E-state index contributed by atoms with van der Waals surface area (Å²) in [6, 6.07) is 5.29. The van der Waals surface area contributed by atoms with Crippen molar-refractivity contribution >= 4 is 40.0 Å². The minimum Gasteiger partial charge on any atom is -0.508 e. The number of aromatic hydroxyl groups is 1. The first-order valence-corrected chi connectivity index (χ1v) is 10.5. The van der Waals surface area contributed by atoms with Gasteiger partial charge in [-0.15, -0.1) is 0 Å². The first-order chi connectivity index (χ1) is 15.9. The van der Waals surface area contributed by atoms with Gasteiger partial charge in [-0.2, -0.15) is 4.39 Å². The average molecular weight is 491 g/mol. The number of rotatable bonds is 5. The lowest BCUT2D eigenvalue weighted by atomic mass is 9.92. The van der Waals surface area contributed by atoms with E-state index in [-0.39, 0.29) is 34.6 Å². The van der Waals surface area contributed by atoms with Crippen LogP contribution < -0.4 is 0 Å². The number of fused-ring (bicyclic) bond motifs is 1. The number of carbonyl (C=O) groups excluding carboxylic acids is 2. The number of hydrogen-bond acceptors (Lipinski definition) is 6. The predicted octanol–water partition coefficient (Wildman–Crippen LogP) is 2.35. The maximum atomic E-state index is 14.2. The number of likely N-dealkylation sites (N-methyl/N-ethyl adjacent to an activating group) is 2. The topological polar surface area (TPSA) is 140 Å². The van der Waals surface area contributed by atoms with Crippen LogP contribution in [0.3, 0.4) is 0 Å². The Morgan fingerprint density at radius 1 is 1.26 bits per heavy atom. The number of phenolic OH excluding ortho intramolecular Hbond substituents is 1. The van der Waals surface area contributed by atoms with Crippen molar-refractivity contribution < 1.29 is 29.1 Å². The lowest BCUT2D eigenvalue weighted by molar-refractivity contribution is -0.385. The summed E-state index contributed by atoms with van der Waals surface area (Å²) in [5, 5.41) is 32.6. The Morgan fingerprint density at radius 2 is 1.97 bits per heavy atom. The molecule has 0 unspecified atom stereocenters. The summed E-state index contributed by atoms with van der Waals surface area (Å²) in [4.78, 5) is 41.9. The molecule has 0 aliphatic carbocycles. The number of aliphatic hydroxyl groups is 1. The number of hydrogen-bond donors (Lipinski definition) is 3. The number of benzene rings is 2. The zero-order valence-corrected chi connectivity index (χ0v) is 18.8. The highest BCUT2D eigenvalue weighted by Crippen LogP contribution is 2.35. The third-order valence-electron chi connectivity index (χ3n) is 6.14. The molecule has 0 bridgehead atoms. The molecule has 1 aromatic heterocycles. The number of H-pyrrole nitrogens is 1. The summed E-state index contributed by atoms with van der Waals surface area (Å²) >= 11 is 5.94. The molecular weight excluding hydrogens is 471 g/mol. The van der Waals surface area contributed by atoms with Crippen LogP contribution in [0.15, 0.2) is 36.5 Å². The second kappa shape index (κ2) is 8.26. The largest absolute Gasteiger partial charge is 0.508 e. The van der Waals surface area contributed by atoms with Crippen molar-refractivity contribution in [2.45, 2.75) is 24.6 Å². The van der Waals surface area contributed by atoms with Crippen LogP contribution in [0.5, 0.6) is 5.75 Å². The lowest BCUT2D eigenvalue weighted by Gasteiger charge is -2.47. The first kappa shape index (κ1) is 23.5. The van der Waals surface area contributed by atoms with Gasteiger partial charge in [0.05, 0.1) is 15.8 Å². The second-order valence-electron chi connectivity index (χ2n) is 8.23. The van der Waals surface area contributed by atoms with Crippen molar-refractivity contribution in [1.29, 1.82) is 0 Å². The first-order valence-electron chi connectivity index (χ1n) is 10.1. The molecule has 12 heteroatoms. The maximum Gasteiger partial charge on any atom is 0.314 e. The smallest absolute Gasteiger partial charge is 0.314 e. The van der Waals surface area contributed by atoms with E-state index in [4.69, 9.17) is 11.6 Å². The fourth-order valence-corrected chi connectivity index (χ4v) is 4.63. The quantitative estimate of drug-likeness (QED) is 0.370. The van der Waals surface area contributed by atoms with Crippen LogP contribution in [0.4, 0.5) is 10.1 Å². The van der Waals surface area contributed by atoms with Gasteiger partial charge in [0.2, 0.25) is 17.4 Å². The van der Waals surface area contributed by atoms with E-state index in [9.17, 15) is 34.3 Å². The van der Waals surface area contributed by atoms with E-state index in [2.05, 4.69) is 4.98 Å². The van der Waals surface area contributed by atoms with Crippen LogP contribution in [0.1, 0.15) is 11.1 Å². The van der Waals surface area contributed by atoms with Crippen LogP contribution in [0.2, 0.25) is 5.02 Å². The number of nitrogens with one attached hydrogen (secondary N) is 1. The second-order valence-corrected chi connectivity index (χ2v) is 8.67. The molecule has 2 heterocycles. The Labute approximate surface area is 197 Å². The Hall–Kier alpha value is -3.70. The number of halogens is 2. The van der Waals surface area contributed by atoms with Gasteiger partial charge in [-0.3, -0.25) is 19.7 Å². The van der Waals surface area contributed by atoms with Gasteiger partial charge in [0, 0.05) is 38.2 Å². The number of amides is 2. The molecule has 1 aliphatic rings. The van der Waals surface area contributed by atoms with Gasteiger partial charge in [-0.1, -0.05) is 11.6 Å². The zero-order valence-electron chi connectivity index (χ0n) is 18.1. The molecule has 4 rings (SSSR count). The minimum atomic E-state index is -2.25. The van der Waals surface area contributed by atoms with Crippen molar-refractivity contribution in [1.82, 2.24) is 14.8 Å². The third-order valence-corrected chi connectivity index (χ3v) is 6.36. The van der Waals surface area contributed by atoms with Crippen LogP contribution >= 0.6 is 11.6 Å². The van der Waals surface area contributed by atoms with Gasteiger partial charge in [0.1, 0.15) is 11.8 Å². The molecule has 178 valence electrons. The third kappa shape index (κ3) is 3.72. The molecule has 2 amide bonds. The highest BCUT2D eigenvalue weighted by molar-refractivity contribution is 6.30. The molecule has 0 saturated carbocycles. The Morgan fingerprint density at radius 3 is 2.62 bits per heavy atom. The van der Waals surface area contributed by atoms with Crippen molar-refractivity contribution in [3.63, 3.8) is 0 Å². The monoisotopic (exact) mass is 490 g/mol. The summed E-state index contributed by atoms with van der Waals surface area (Å²) in [5.74, 6) is -2.60. The predicted molar refractivity (Wildman–Crippen MR) is 120 cm³/mol. The molecule has 2 atom stereocenters. The molecule has 3 N–H and O–H groups in total. The summed E-state index contributed by atoms with van der Waals surface area (Å²) in [5.41, 5.74) is -2.06. The molecule has 0 spiro atoms. The summed E-state index contributed by atoms with van der Waals surface area (Å²) < 4.78 is 14.2. The minimum absolute atomic E-state index is 0.0107. The van der Waals surface area contributed by atoms with E-state index in [0.29, 0.717) is 11.1 Å².